The monoisotopic (exact) mass is 380 g/mol. The Labute approximate surface area is 171 Å². The van der Waals surface area contributed by atoms with Crippen molar-refractivity contribution in [1.82, 2.24) is 4.90 Å². The van der Waals surface area contributed by atoms with Crippen LogP contribution >= 0.6 is 0 Å². The molecule has 0 bridgehead atoms. The van der Waals surface area contributed by atoms with Crippen LogP contribution in [0, 0.1) is 6.92 Å². The van der Waals surface area contributed by atoms with Crippen LogP contribution in [0.15, 0.2) is 48.5 Å². The number of anilines is 1. The van der Waals surface area contributed by atoms with E-state index in [1.54, 1.807) is 0 Å². The van der Waals surface area contributed by atoms with Crippen molar-refractivity contribution >= 4 is 5.69 Å². The van der Waals surface area contributed by atoms with Gasteiger partial charge in [-0.1, -0.05) is 55.8 Å². The molecule has 0 radical (unpaired) electrons. The molecule has 2 aromatic rings. The van der Waals surface area contributed by atoms with E-state index in [1.807, 2.05) is 0 Å². The summed E-state index contributed by atoms with van der Waals surface area (Å²) in [4.78, 5) is 4.86. The first-order valence-electron chi connectivity index (χ1n) is 10.6. The predicted molar refractivity (Wildman–Crippen MR) is 119 cm³/mol. The molecule has 1 aliphatic heterocycles. The standard InChI is InChI=1S/C25H36N2O/c1-6-25(26(4)5,19-22-9-7-20(2)8-10-22)21(3)23-11-13-24(14-12-23)27-15-17-28-18-16-27/h7-14,21H,6,15-19H2,1-5H3. The third-order valence-electron chi connectivity index (χ3n) is 6.71. The van der Waals surface area contributed by atoms with Crippen molar-refractivity contribution in [2.24, 2.45) is 0 Å². The summed E-state index contributed by atoms with van der Waals surface area (Å²) < 4.78 is 5.49. The number of hydrogen-bond acceptors (Lipinski definition) is 3. The van der Waals surface area contributed by atoms with Gasteiger partial charge in [-0.15, -0.1) is 0 Å². The van der Waals surface area contributed by atoms with Gasteiger partial charge in [-0.2, -0.15) is 0 Å². The fourth-order valence-electron chi connectivity index (χ4n) is 4.61. The number of morpholine rings is 1. The van der Waals surface area contributed by atoms with Crippen LogP contribution in [-0.2, 0) is 11.2 Å². The maximum atomic E-state index is 5.49. The van der Waals surface area contributed by atoms with Crippen molar-refractivity contribution in [1.29, 1.82) is 0 Å². The lowest BCUT2D eigenvalue weighted by molar-refractivity contribution is 0.115. The molecular formula is C25H36N2O. The highest BCUT2D eigenvalue weighted by Gasteiger charge is 2.37. The number of benzene rings is 2. The van der Waals surface area contributed by atoms with Crippen molar-refractivity contribution < 1.29 is 4.74 Å². The van der Waals surface area contributed by atoms with Crippen molar-refractivity contribution in [3.8, 4) is 0 Å². The Morgan fingerprint density at radius 3 is 2.14 bits per heavy atom. The van der Waals surface area contributed by atoms with E-state index in [1.165, 1.54) is 22.4 Å². The van der Waals surface area contributed by atoms with Gasteiger partial charge in [0.2, 0.25) is 0 Å². The second kappa shape index (κ2) is 9.11. The van der Waals surface area contributed by atoms with Crippen molar-refractivity contribution in [3.63, 3.8) is 0 Å². The molecule has 28 heavy (non-hydrogen) atoms. The van der Waals surface area contributed by atoms with Gasteiger partial charge in [0.25, 0.3) is 0 Å². The molecule has 1 aliphatic rings. The van der Waals surface area contributed by atoms with Gasteiger partial charge in [0.1, 0.15) is 0 Å². The van der Waals surface area contributed by atoms with E-state index in [2.05, 4.69) is 93.2 Å². The van der Waals surface area contributed by atoms with Gasteiger partial charge < -0.3 is 14.5 Å². The average Bonchev–Trinajstić information content (AvgIpc) is 2.73. The second-order valence-corrected chi connectivity index (χ2v) is 8.43. The summed E-state index contributed by atoms with van der Waals surface area (Å²) >= 11 is 0. The highest BCUT2D eigenvalue weighted by atomic mass is 16.5. The van der Waals surface area contributed by atoms with Gasteiger partial charge in [-0.05, 0) is 63.0 Å². The fourth-order valence-corrected chi connectivity index (χ4v) is 4.61. The first kappa shape index (κ1) is 20.9. The molecule has 0 saturated carbocycles. The first-order valence-corrected chi connectivity index (χ1v) is 10.6. The van der Waals surface area contributed by atoms with E-state index in [-0.39, 0.29) is 5.54 Å². The number of likely N-dealkylation sites (N-methyl/N-ethyl adjacent to an activating group) is 1. The molecule has 3 rings (SSSR count). The minimum absolute atomic E-state index is 0.0930. The van der Waals surface area contributed by atoms with Gasteiger partial charge >= 0.3 is 0 Å². The van der Waals surface area contributed by atoms with Gasteiger partial charge in [0.05, 0.1) is 13.2 Å². The van der Waals surface area contributed by atoms with Crippen molar-refractivity contribution in [2.75, 3.05) is 45.3 Å². The summed E-state index contributed by atoms with van der Waals surface area (Å²) in [6.07, 6.45) is 2.17. The molecule has 3 heteroatoms. The maximum absolute atomic E-state index is 5.49. The summed E-state index contributed by atoms with van der Waals surface area (Å²) in [5, 5.41) is 0. The SMILES string of the molecule is CCC(Cc1ccc(C)cc1)(C(C)c1ccc(N2CCOCC2)cc1)N(C)C. The largest absolute Gasteiger partial charge is 0.378 e. The first-order chi connectivity index (χ1) is 13.5. The third kappa shape index (κ3) is 4.42. The molecule has 0 aliphatic carbocycles. The zero-order valence-electron chi connectivity index (χ0n) is 18.2. The average molecular weight is 381 g/mol. The topological polar surface area (TPSA) is 15.7 Å². The summed E-state index contributed by atoms with van der Waals surface area (Å²) in [5.74, 6) is 0.438. The minimum Gasteiger partial charge on any atom is -0.378 e. The smallest absolute Gasteiger partial charge is 0.0642 e. The van der Waals surface area contributed by atoms with Gasteiger partial charge in [0, 0.05) is 24.3 Å². The molecular weight excluding hydrogens is 344 g/mol. The Morgan fingerprint density at radius 2 is 1.61 bits per heavy atom. The molecule has 152 valence electrons. The van der Waals surface area contributed by atoms with Crippen molar-refractivity contribution in [3.05, 3.63) is 65.2 Å². The van der Waals surface area contributed by atoms with Gasteiger partial charge in [0.15, 0.2) is 0 Å². The Morgan fingerprint density at radius 1 is 1.00 bits per heavy atom. The molecule has 1 saturated heterocycles. The summed E-state index contributed by atoms with van der Waals surface area (Å²) in [5.41, 5.74) is 5.56. The molecule has 1 heterocycles. The van der Waals surface area contributed by atoms with Crippen LogP contribution in [0.3, 0.4) is 0 Å². The molecule has 0 aromatic heterocycles. The summed E-state index contributed by atoms with van der Waals surface area (Å²) in [6.45, 7) is 10.5. The predicted octanol–water partition coefficient (Wildman–Crippen LogP) is 4.89. The molecule has 0 amide bonds. The zero-order valence-corrected chi connectivity index (χ0v) is 18.2. The van der Waals surface area contributed by atoms with E-state index in [4.69, 9.17) is 4.74 Å². The Bertz CT molecular complexity index is 732. The summed E-state index contributed by atoms with van der Waals surface area (Å²) in [7, 11) is 4.46. The van der Waals surface area contributed by atoms with E-state index in [0.717, 1.165) is 39.1 Å². The molecule has 0 spiro atoms. The molecule has 2 aromatic carbocycles. The highest BCUT2D eigenvalue weighted by molar-refractivity contribution is 5.48. The van der Waals surface area contributed by atoms with Crippen LogP contribution < -0.4 is 4.90 Å². The number of nitrogens with zero attached hydrogens (tertiary/aromatic N) is 2. The van der Waals surface area contributed by atoms with E-state index in [9.17, 15) is 0 Å². The molecule has 2 unspecified atom stereocenters. The molecule has 3 nitrogen and oxygen atoms in total. The number of aryl methyl sites for hydroxylation is 1. The summed E-state index contributed by atoms with van der Waals surface area (Å²) in [6, 6.07) is 18.3. The van der Waals surface area contributed by atoms with Crippen LogP contribution in [0.2, 0.25) is 0 Å². The Balaban J connectivity index is 1.84. The van der Waals surface area contributed by atoms with E-state index < -0.39 is 0 Å². The minimum atomic E-state index is 0.0930. The normalized spacial score (nSPS) is 18.1. The fraction of sp³-hybridized carbons (Fsp3) is 0.520. The van der Waals surface area contributed by atoms with Crippen LogP contribution in [0.1, 0.15) is 42.9 Å². The van der Waals surface area contributed by atoms with Crippen LogP contribution in [-0.4, -0.2) is 50.8 Å². The second-order valence-electron chi connectivity index (χ2n) is 8.43. The van der Waals surface area contributed by atoms with Gasteiger partial charge in [-0.3, -0.25) is 0 Å². The Kier molecular flexibility index (Phi) is 6.79. The highest BCUT2D eigenvalue weighted by Crippen LogP contribution is 2.38. The maximum Gasteiger partial charge on any atom is 0.0642 e. The molecule has 2 atom stereocenters. The molecule has 0 N–H and O–H groups in total. The number of ether oxygens (including phenoxy) is 1. The molecule has 1 fully saturated rings. The number of rotatable bonds is 7. The van der Waals surface area contributed by atoms with Crippen molar-refractivity contribution in [2.45, 2.75) is 45.1 Å². The lowest BCUT2D eigenvalue weighted by Crippen LogP contribution is -2.49. The van der Waals surface area contributed by atoms with Crippen LogP contribution in [0.5, 0.6) is 0 Å². The lowest BCUT2D eigenvalue weighted by Gasteiger charge is -2.45. The lowest BCUT2D eigenvalue weighted by atomic mass is 9.73. The zero-order chi connectivity index (χ0) is 20.1. The third-order valence-corrected chi connectivity index (χ3v) is 6.71. The quantitative estimate of drug-likeness (QED) is 0.680. The number of hydrogen-bond donors (Lipinski definition) is 0. The Hall–Kier alpha value is -1.84. The van der Waals surface area contributed by atoms with Crippen LogP contribution in [0.4, 0.5) is 5.69 Å². The van der Waals surface area contributed by atoms with Crippen LogP contribution in [0.25, 0.3) is 0 Å². The van der Waals surface area contributed by atoms with E-state index in [0.29, 0.717) is 5.92 Å². The van der Waals surface area contributed by atoms with Gasteiger partial charge in [-0.25, -0.2) is 0 Å². The van der Waals surface area contributed by atoms with E-state index >= 15 is 0 Å².